The molecule has 0 radical (unpaired) electrons. The number of fused-ring (bicyclic) bond motifs is 5. The molecule has 2 nitrogen and oxygen atoms in total. The third-order valence-electron chi connectivity index (χ3n) is 7.52. The van der Waals surface area contributed by atoms with Gasteiger partial charge in [-0.15, -0.1) is 0 Å². The average Bonchev–Trinajstić information content (AvgIpc) is 3.20. The predicted octanol–water partition coefficient (Wildman–Crippen LogP) is 4.51. The molecule has 8 unspecified atom stereocenters. The zero-order valence-corrected chi connectivity index (χ0v) is 14.8. The molecule has 8 atom stereocenters. The minimum absolute atomic E-state index is 0.0500. The fraction of sp³-hybridized carbons (Fsp3) is 1.00. The zero-order chi connectivity index (χ0) is 15.7. The first-order valence-corrected chi connectivity index (χ1v) is 9.88. The van der Waals surface area contributed by atoms with Gasteiger partial charge in [-0.1, -0.05) is 26.7 Å². The number of ether oxygens (including phenoxy) is 1. The summed E-state index contributed by atoms with van der Waals surface area (Å²) in [5.74, 6) is 6.30. The number of hydrogen-bond acceptors (Lipinski definition) is 2. The van der Waals surface area contributed by atoms with Crippen molar-refractivity contribution in [3.05, 3.63) is 0 Å². The van der Waals surface area contributed by atoms with Gasteiger partial charge in [0.05, 0.1) is 6.10 Å². The Morgan fingerprint density at radius 2 is 1.73 bits per heavy atom. The van der Waals surface area contributed by atoms with Gasteiger partial charge in [-0.25, -0.2) is 0 Å². The van der Waals surface area contributed by atoms with Gasteiger partial charge in [0.15, 0.2) is 0 Å². The van der Waals surface area contributed by atoms with Crippen LogP contribution in [0.5, 0.6) is 0 Å². The second-order valence-corrected chi connectivity index (χ2v) is 8.34. The van der Waals surface area contributed by atoms with E-state index in [0.717, 1.165) is 61.4 Å². The van der Waals surface area contributed by atoms with Crippen molar-refractivity contribution in [3.8, 4) is 0 Å². The highest BCUT2D eigenvalue weighted by Crippen LogP contribution is 2.66. The Balaban J connectivity index is 1.60. The number of hydrogen-bond donors (Lipinski definition) is 1. The summed E-state index contributed by atoms with van der Waals surface area (Å²) in [4.78, 5) is 0. The molecule has 0 spiro atoms. The van der Waals surface area contributed by atoms with Gasteiger partial charge < -0.3 is 9.84 Å². The van der Waals surface area contributed by atoms with Crippen molar-refractivity contribution in [2.45, 2.75) is 71.3 Å². The van der Waals surface area contributed by atoms with Crippen molar-refractivity contribution in [1.82, 2.24) is 0 Å². The highest BCUT2D eigenvalue weighted by molar-refractivity contribution is 5.08. The largest absolute Gasteiger partial charge is 0.393 e. The summed E-state index contributed by atoms with van der Waals surface area (Å²) < 4.78 is 5.13. The molecule has 0 saturated heterocycles. The molecule has 1 N–H and O–H groups in total. The molecule has 0 aromatic rings. The maximum atomic E-state index is 10.7. The van der Waals surface area contributed by atoms with Crippen LogP contribution in [0.4, 0.5) is 0 Å². The lowest BCUT2D eigenvalue weighted by Crippen LogP contribution is -2.35. The van der Waals surface area contributed by atoms with Gasteiger partial charge in [0.25, 0.3) is 0 Å². The van der Waals surface area contributed by atoms with Crippen LogP contribution >= 0.6 is 0 Å². The first-order chi connectivity index (χ1) is 10.7. The molecule has 22 heavy (non-hydrogen) atoms. The Morgan fingerprint density at radius 1 is 1.00 bits per heavy atom. The minimum Gasteiger partial charge on any atom is -0.393 e. The van der Waals surface area contributed by atoms with E-state index in [4.69, 9.17) is 4.74 Å². The van der Waals surface area contributed by atoms with E-state index in [2.05, 4.69) is 13.8 Å². The van der Waals surface area contributed by atoms with Crippen LogP contribution in [0.15, 0.2) is 0 Å². The first-order valence-electron chi connectivity index (χ1n) is 9.88. The van der Waals surface area contributed by atoms with Crippen molar-refractivity contribution >= 4 is 0 Å². The van der Waals surface area contributed by atoms with E-state index in [9.17, 15) is 5.11 Å². The lowest BCUT2D eigenvalue weighted by molar-refractivity contribution is 0.0222. The molecule has 2 heteroatoms. The van der Waals surface area contributed by atoms with E-state index in [1.54, 1.807) is 7.11 Å². The third-order valence-corrected chi connectivity index (χ3v) is 7.52. The van der Waals surface area contributed by atoms with Crippen molar-refractivity contribution in [3.63, 3.8) is 0 Å². The number of unbranched alkanes of at least 4 members (excludes halogenated alkanes) is 1. The Kier molecular flexibility index (Phi) is 5.50. The van der Waals surface area contributed by atoms with Crippen molar-refractivity contribution in [1.29, 1.82) is 0 Å². The van der Waals surface area contributed by atoms with Crippen LogP contribution in [0.2, 0.25) is 0 Å². The molecule has 3 rings (SSSR count). The molecule has 0 aliphatic heterocycles. The summed E-state index contributed by atoms with van der Waals surface area (Å²) in [5.41, 5.74) is 0. The van der Waals surface area contributed by atoms with Crippen molar-refractivity contribution in [2.75, 3.05) is 13.7 Å². The number of aliphatic hydroxyl groups is 1. The van der Waals surface area contributed by atoms with Gasteiger partial charge in [0.1, 0.15) is 0 Å². The van der Waals surface area contributed by atoms with Gasteiger partial charge >= 0.3 is 0 Å². The maximum Gasteiger partial charge on any atom is 0.0571 e. The van der Waals surface area contributed by atoms with E-state index in [0.29, 0.717) is 5.92 Å². The minimum atomic E-state index is -0.0500. The summed E-state index contributed by atoms with van der Waals surface area (Å²) in [6.45, 7) is 5.63. The van der Waals surface area contributed by atoms with E-state index in [-0.39, 0.29) is 6.10 Å². The fourth-order valence-electron chi connectivity index (χ4n) is 6.70. The normalized spacial score (nSPS) is 44.5. The molecular formula is C20H36O2. The Labute approximate surface area is 137 Å². The predicted molar refractivity (Wildman–Crippen MR) is 90.6 cm³/mol. The molecule has 3 fully saturated rings. The van der Waals surface area contributed by atoms with E-state index >= 15 is 0 Å². The molecule has 0 aromatic carbocycles. The van der Waals surface area contributed by atoms with Crippen LogP contribution in [0.25, 0.3) is 0 Å². The van der Waals surface area contributed by atoms with Gasteiger partial charge in [-0.05, 0) is 80.0 Å². The summed E-state index contributed by atoms with van der Waals surface area (Å²) >= 11 is 0. The molecule has 128 valence electrons. The van der Waals surface area contributed by atoms with Gasteiger partial charge in [-0.2, -0.15) is 0 Å². The monoisotopic (exact) mass is 308 g/mol. The molecule has 0 heterocycles. The van der Waals surface area contributed by atoms with Crippen molar-refractivity contribution < 1.29 is 9.84 Å². The maximum absolute atomic E-state index is 10.7. The number of methoxy groups -OCH3 is 1. The van der Waals surface area contributed by atoms with E-state index in [1.165, 1.54) is 32.1 Å². The van der Waals surface area contributed by atoms with Crippen LogP contribution in [-0.4, -0.2) is 24.9 Å². The summed E-state index contributed by atoms with van der Waals surface area (Å²) in [5, 5.41) is 10.7. The summed E-state index contributed by atoms with van der Waals surface area (Å²) in [6.07, 6.45) is 10.1. The van der Waals surface area contributed by atoms with Crippen LogP contribution < -0.4 is 0 Å². The number of rotatable bonds is 8. The number of aliphatic hydroxyl groups excluding tert-OH is 1. The Morgan fingerprint density at radius 3 is 2.41 bits per heavy atom. The molecule has 3 aliphatic rings. The molecule has 0 amide bonds. The average molecular weight is 309 g/mol. The van der Waals surface area contributed by atoms with Crippen LogP contribution in [0.3, 0.4) is 0 Å². The zero-order valence-electron chi connectivity index (χ0n) is 14.8. The second-order valence-electron chi connectivity index (χ2n) is 8.34. The van der Waals surface area contributed by atoms with Crippen molar-refractivity contribution in [2.24, 2.45) is 41.4 Å². The fourth-order valence-corrected chi connectivity index (χ4v) is 6.70. The Hall–Kier alpha value is -0.0800. The van der Waals surface area contributed by atoms with Gasteiger partial charge in [0.2, 0.25) is 0 Å². The summed E-state index contributed by atoms with van der Waals surface area (Å²) in [6, 6.07) is 0. The van der Waals surface area contributed by atoms with Gasteiger partial charge in [-0.3, -0.25) is 0 Å². The molecule has 0 aromatic heterocycles. The smallest absolute Gasteiger partial charge is 0.0571 e. The molecule has 2 bridgehead atoms. The Bertz CT molecular complexity index is 356. The lowest BCUT2D eigenvalue weighted by atomic mass is 9.68. The SMILES string of the molecule is CCC1CC(CC)C2C3CC(CC3C(O)CCCCOC)C12. The standard InChI is InChI=1S/C20H36O2/c1-4-13-10-14(5-2)20-17-12-15(19(13)20)11-16(17)18(21)8-6-7-9-22-3/h13-21H,4-12H2,1-3H3. The topological polar surface area (TPSA) is 29.5 Å². The van der Waals surface area contributed by atoms with Crippen LogP contribution in [0, 0.1) is 41.4 Å². The van der Waals surface area contributed by atoms with E-state index in [1.807, 2.05) is 0 Å². The molecule has 3 saturated carbocycles. The lowest BCUT2D eigenvalue weighted by Gasteiger charge is -2.38. The first kappa shape index (κ1) is 16.8. The third kappa shape index (κ3) is 2.86. The van der Waals surface area contributed by atoms with E-state index < -0.39 is 0 Å². The van der Waals surface area contributed by atoms with Crippen LogP contribution in [0.1, 0.15) is 65.2 Å². The molecular weight excluding hydrogens is 272 g/mol. The second kappa shape index (κ2) is 7.21. The van der Waals surface area contributed by atoms with Crippen LogP contribution in [-0.2, 0) is 4.74 Å². The highest BCUT2D eigenvalue weighted by Gasteiger charge is 2.60. The molecule has 3 aliphatic carbocycles. The quantitative estimate of drug-likeness (QED) is 0.669. The van der Waals surface area contributed by atoms with Gasteiger partial charge in [0, 0.05) is 13.7 Å². The highest BCUT2D eigenvalue weighted by atomic mass is 16.5. The summed E-state index contributed by atoms with van der Waals surface area (Å²) in [7, 11) is 1.77.